The molecule has 2 rings (SSSR count). The second kappa shape index (κ2) is 8.19. The van der Waals surface area contributed by atoms with Crippen LogP contribution in [0, 0.1) is 10.1 Å². The smallest absolute Gasteiger partial charge is 0.338 e. The SMILES string of the molecule is CCc1ccc(CC)c(C(=O)COC(=O)c2ccc([N+](=O)[O-])cc2)c1. The van der Waals surface area contributed by atoms with E-state index in [4.69, 9.17) is 4.74 Å². The van der Waals surface area contributed by atoms with Crippen LogP contribution in [-0.4, -0.2) is 23.3 Å². The molecule has 6 nitrogen and oxygen atoms in total. The van der Waals surface area contributed by atoms with E-state index >= 15 is 0 Å². The Morgan fingerprint density at radius 2 is 1.72 bits per heavy atom. The zero-order chi connectivity index (χ0) is 18.4. The molecule has 0 saturated heterocycles. The highest BCUT2D eigenvalue weighted by molar-refractivity contribution is 6.00. The van der Waals surface area contributed by atoms with Gasteiger partial charge in [0.2, 0.25) is 5.78 Å². The molecule has 0 aliphatic rings. The largest absolute Gasteiger partial charge is 0.454 e. The first-order valence-electron chi connectivity index (χ1n) is 8.02. The Bertz CT molecular complexity index is 796. The van der Waals surface area contributed by atoms with Crippen LogP contribution >= 0.6 is 0 Å². The van der Waals surface area contributed by atoms with Crippen LogP contribution in [0.25, 0.3) is 0 Å². The highest BCUT2D eigenvalue weighted by Gasteiger charge is 2.16. The minimum atomic E-state index is -0.687. The van der Waals surface area contributed by atoms with Gasteiger partial charge in [-0.05, 0) is 42.2 Å². The van der Waals surface area contributed by atoms with Gasteiger partial charge in [-0.1, -0.05) is 26.0 Å². The standard InChI is InChI=1S/C19H19NO5/c1-3-13-5-6-14(4-2)17(11-13)18(21)12-25-19(22)15-7-9-16(10-8-15)20(23)24/h5-11H,3-4,12H2,1-2H3. The van der Waals surface area contributed by atoms with Crippen molar-refractivity contribution in [3.8, 4) is 0 Å². The highest BCUT2D eigenvalue weighted by Crippen LogP contribution is 2.16. The van der Waals surface area contributed by atoms with Crippen LogP contribution in [0.1, 0.15) is 45.7 Å². The number of ketones is 1. The quantitative estimate of drug-likeness (QED) is 0.331. The summed E-state index contributed by atoms with van der Waals surface area (Å²) in [6.45, 7) is 3.60. The predicted octanol–water partition coefficient (Wildman–Crippen LogP) is 3.76. The first-order valence-corrected chi connectivity index (χ1v) is 8.02. The van der Waals surface area contributed by atoms with E-state index in [1.807, 2.05) is 32.0 Å². The van der Waals surface area contributed by atoms with Gasteiger partial charge >= 0.3 is 5.97 Å². The van der Waals surface area contributed by atoms with Crippen LogP contribution in [0.15, 0.2) is 42.5 Å². The molecular formula is C19H19NO5. The van der Waals surface area contributed by atoms with Crippen LogP contribution in [0.3, 0.4) is 0 Å². The van der Waals surface area contributed by atoms with Gasteiger partial charge in [0, 0.05) is 17.7 Å². The van der Waals surface area contributed by atoms with Gasteiger partial charge in [-0.3, -0.25) is 14.9 Å². The molecule has 0 radical (unpaired) electrons. The molecule has 0 fully saturated rings. The van der Waals surface area contributed by atoms with Crippen LogP contribution in [0.2, 0.25) is 0 Å². The molecule has 2 aromatic carbocycles. The topological polar surface area (TPSA) is 86.5 Å². The summed E-state index contributed by atoms with van der Waals surface area (Å²) >= 11 is 0. The maximum absolute atomic E-state index is 12.4. The van der Waals surface area contributed by atoms with Crippen LogP contribution in [0.4, 0.5) is 5.69 Å². The lowest BCUT2D eigenvalue weighted by atomic mass is 9.98. The molecule has 0 aromatic heterocycles. The maximum Gasteiger partial charge on any atom is 0.338 e. The van der Waals surface area contributed by atoms with Crippen molar-refractivity contribution in [2.75, 3.05) is 6.61 Å². The molecule has 25 heavy (non-hydrogen) atoms. The van der Waals surface area contributed by atoms with E-state index in [9.17, 15) is 19.7 Å². The van der Waals surface area contributed by atoms with Gasteiger partial charge in [0.25, 0.3) is 5.69 Å². The normalized spacial score (nSPS) is 10.3. The molecule has 0 aliphatic heterocycles. The van der Waals surface area contributed by atoms with E-state index in [-0.39, 0.29) is 23.6 Å². The Labute approximate surface area is 145 Å². The molecule has 0 amide bonds. The Hall–Kier alpha value is -3.02. The van der Waals surface area contributed by atoms with Crippen molar-refractivity contribution in [3.63, 3.8) is 0 Å². The lowest BCUT2D eigenvalue weighted by Gasteiger charge is -2.10. The second-order valence-corrected chi connectivity index (χ2v) is 5.50. The Morgan fingerprint density at radius 3 is 2.28 bits per heavy atom. The first-order chi connectivity index (χ1) is 12.0. The molecule has 2 aromatic rings. The molecule has 0 aliphatic carbocycles. The van der Waals surface area contributed by atoms with Gasteiger partial charge in [-0.25, -0.2) is 4.79 Å². The molecule has 0 N–H and O–H groups in total. The number of rotatable bonds is 7. The minimum absolute atomic E-state index is 0.114. The van der Waals surface area contributed by atoms with E-state index in [0.29, 0.717) is 12.0 Å². The van der Waals surface area contributed by atoms with Crippen LogP contribution < -0.4 is 0 Å². The summed E-state index contributed by atoms with van der Waals surface area (Å²) in [5.74, 6) is -0.949. The fourth-order valence-corrected chi connectivity index (χ4v) is 2.42. The third-order valence-electron chi connectivity index (χ3n) is 3.91. The number of Topliss-reactive ketones (excluding diaryl/α,β-unsaturated/α-hetero) is 1. The number of nitrogens with zero attached hydrogens (tertiary/aromatic N) is 1. The number of carbonyl (C=O) groups excluding carboxylic acids is 2. The van der Waals surface area contributed by atoms with Crippen molar-refractivity contribution >= 4 is 17.4 Å². The fraction of sp³-hybridized carbons (Fsp3) is 0.263. The van der Waals surface area contributed by atoms with Crippen LogP contribution in [-0.2, 0) is 17.6 Å². The molecular weight excluding hydrogens is 322 g/mol. The Balaban J connectivity index is 2.06. The summed E-state index contributed by atoms with van der Waals surface area (Å²) in [4.78, 5) is 34.5. The van der Waals surface area contributed by atoms with Crippen molar-refractivity contribution in [1.29, 1.82) is 0 Å². The molecule has 0 atom stereocenters. The zero-order valence-corrected chi connectivity index (χ0v) is 14.2. The number of hydrogen-bond donors (Lipinski definition) is 0. The van der Waals surface area contributed by atoms with Gasteiger partial charge in [0.05, 0.1) is 10.5 Å². The highest BCUT2D eigenvalue weighted by atomic mass is 16.6. The molecule has 6 heteroatoms. The van der Waals surface area contributed by atoms with E-state index < -0.39 is 10.9 Å². The third kappa shape index (κ3) is 4.50. The molecule has 130 valence electrons. The number of aryl methyl sites for hydroxylation is 2. The molecule has 0 bridgehead atoms. The monoisotopic (exact) mass is 341 g/mol. The molecule has 0 spiro atoms. The number of carbonyl (C=O) groups is 2. The van der Waals surface area contributed by atoms with Gasteiger partial charge in [0.1, 0.15) is 0 Å². The Kier molecular flexibility index (Phi) is 6.00. The maximum atomic E-state index is 12.4. The van der Waals surface area contributed by atoms with Crippen molar-refractivity contribution in [2.24, 2.45) is 0 Å². The predicted molar refractivity (Wildman–Crippen MR) is 92.9 cm³/mol. The van der Waals surface area contributed by atoms with E-state index in [2.05, 4.69) is 0 Å². The van der Waals surface area contributed by atoms with E-state index in [1.54, 1.807) is 0 Å². The first kappa shape index (κ1) is 18.3. The molecule has 0 heterocycles. The number of non-ortho nitro benzene ring substituents is 1. The summed E-state index contributed by atoms with van der Waals surface area (Å²) in [7, 11) is 0. The van der Waals surface area contributed by atoms with Crippen molar-refractivity contribution < 1.29 is 19.2 Å². The number of hydrogen-bond acceptors (Lipinski definition) is 5. The lowest BCUT2D eigenvalue weighted by Crippen LogP contribution is -2.16. The second-order valence-electron chi connectivity index (χ2n) is 5.50. The van der Waals surface area contributed by atoms with E-state index in [0.717, 1.165) is 17.5 Å². The number of ether oxygens (including phenoxy) is 1. The number of nitro benzene ring substituents is 1. The summed E-state index contributed by atoms with van der Waals surface area (Å²) in [5.41, 5.74) is 2.57. The minimum Gasteiger partial charge on any atom is -0.454 e. The van der Waals surface area contributed by atoms with Crippen LogP contribution in [0.5, 0.6) is 0 Å². The number of esters is 1. The number of nitro groups is 1. The average Bonchev–Trinajstić information content (AvgIpc) is 2.65. The summed E-state index contributed by atoms with van der Waals surface area (Å²) in [6, 6.07) is 10.8. The zero-order valence-electron chi connectivity index (χ0n) is 14.2. The third-order valence-corrected chi connectivity index (χ3v) is 3.91. The molecule has 0 saturated carbocycles. The fourth-order valence-electron chi connectivity index (χ4n) is 2.42. The van der Waals surface area contributed by atoms with Crippen molar-refractivity contribution in [3.05, 3.63) is 74.8 Å². The summed E-state index contributed by atoms with van der Waals surface area (Å²) in [5, 5.41) is 10.6. The van der Waals surface area contributed by atoms with Crippen molar-refractivity contribution in [1.82, 2.24) is 0 Å². The van der Waals surface area contributed by atoms with Gasteiger partial charge < -0.3 is 4.74 Å². The average molecular weight is 341 g/mol. The summed E-state index contributed by atoms with van der Waals surface area (Å²) in [6.07, 6.45) is 1.52. The van der Waals surface area contributed by atoms with Gasteiger partial charge in [-0.2, -0.15) is 0 Å². The summed E-state index contributed by atoms with van der Waals surface area (Å²) < 4.78 is 5.06. The van der Waals surface area contributed by atoms with Crippen molar-refractivity contribution in [2.45, 2.75) is 26.7 Å². The Morgan fingerprint density at radius 1 is 1.04 bits per heavy atom. The van der Waals surface area contributed by atoms with E-state index in [1.165, 1.54) is 24.3 Å². The van der Waals surface area contributed by atoms with Gasteiger partial charge in [0.15, 0.2) is 6.61 Å². The number of benzene rings is 2. The van der Waals surface area contributed by atoms with Gasteiger partial charge in [-0.15, -0.1) is 0 Å². The molecule has 0 unspecified atom stereocenters. The lowest BCUT2D eigenvalue weighted by molar-refractivity contribution is -0.384.